The third-order valence-electron chi connectivity index (χ3n) is 2.34. The number of rotatable bonds is 0. The average molecular weight is 148 g/mol. The van der Waals surface area contributed by atoms with Crippen molar-refractivity contribution in [3.63, 3.8) is 0 Å². The van der Waals surface area contributed by atoms with Gasteiger partial charge in [-0.1, -0.05) is 0 Å². The first kappa shape index (κ1) is 6.49. The van der Waals surface area contributed by atoms with Gasteiger partial charge in [0.1, 0.15) is 0 Å². The Balaban J connectivity index is 1.91. The third-order valence-corrected chi connectivity index (χ3v) is 2.34. The van der Waals surface area contributed by atoms with E-state index in [4.69, 9.17) is 5.84 Å². The lowest BCUT2D eigenvalue weighted by Gasteiger charge is -2.57. The van der Waals surface area contributed by atoms with E-state index in [0.29, 0.717) is 13.1 Å². The molecule has 0 atom stereocenters. The lowest BCUT2D eigenvalue weighted by Crippen LogP contribution is -2.67. The Kier molecular flexibility index (Phi) is 0.978. The number of alkyl halides is 2. The van der Waals surface area contributed by atoms with Crippen LogP contribution in [0, 0.1) is 5.41 Å². The lowest BCUT2D eigenvalue weighted by molar-refractivity contribution is -0.213. The van der Waals surface area contributed by atoms with E-state index >= 15 is 0 Å². The number of nitrogens with zero attached hydrogens (tertiary/aromatic N) is 1. The van der Waals surface area contributed by atoms with Gasteiger partial charge in [-0.05, 0) is 0 Å². The SMILES string of the molecule is NN1CC2(C1)CC(F)(F)C2. The van der Waals surface area contributed by atoms with Crippen molar-refractivity contribution in [2.45, 2.75) is 18.8 Å². The van der Waals surface area contributed by atoms with E-state index in [1.54, 1.807) is 5.01 Å². The maximum atomic E-state index is 12.3. The van der Waals surface area contributed by atoms with Crippen molar-refractivity contribution in [2.24, 2.45) is 11.3 Å². The molecule has 10 heavy (non-hydrogen) atoms. The molecule has 0 amide bonds. The highest BCUT2D eigenvalue weighted by atomic mass is 19.3. The fraction of sp³-hybridized carbons (Fsp3) is 1.00. The standard InChI is InChI=1S/C6H10F2N2/c7-6(8)1-5(2-6)3-10(9)4-5/h1-4,9H2. The highest BCUT2D eigenvalue weighted by Gasteiger charge is 2.61. The molecule has 2 nitrogen and oxygen atoms in total. The molecule has 0 aromatic heterocycles. The van der Waals surface area contributed by atoms with Crippen molar-refractivity contribution in [3.05, 3.63) is 0 Å². The minimum absolute atomic E-state index is 0.0493. The number of hydrazine groups is 1. The van der Waals surface area contributed by atoms with Gasteiger partial charge in [-0.25, -0.2) is 13.8 Å². The Morgan fingerprint density at radius 1 is 1.20 bits per heavy atom. The molecule has 0 radical (unpaired) electrons. The monoisotopic (exact) mass is 148 g/mol. The van der Waals surface area contributed by atoms with Gasteiger partial charge in [0.15, 0.2) is 0 Å². The van der Waals surface area contributed by atoms with Crippen molar-refractivity contribution >= 4 is 0 Å². The van der Waals surface area contributed by atoms with Gasteiger partial charge in [0.05, 0.1) is 0 Å². The molecule has 1 spiro atoms. The summed E-state index contributed by atoms with van der Waals surface area (Å²) in [4.78, 5) is 0. The molecule has 0 aromatic rings. The zero-order chi connectivity index (χ0) is 7.41. The molecule has 0 bridgehead atoms. The summed E-state index contributed by atoms with van der Waals surface area (Å²) in [6.45, 7) is 1.31. The predicted octanol–water partition coefficient (Wildman–Crippen LogP) is 0.591. The van der Waals surface area contributed by atoms with E-state index in [-0.39, 0.29) is 18.3 Å². The van der Waals surface area contributed by atoms with Crippen molar-refractivity contribution in [1.82, 2.24) is 5.01 Å². The molecule has 0 unspecified atom stereocenters. The Morgan fingerprint density at radius 2 is 1.70 bits per heavy atom. The molecular weight excluding hydrogens is 138 g/mol. The highest BCUT2D eigenvalue weighted by molar-refractivity contribution is 5.06. The van der Waals surface area contributed by atoms with Crippen LogP contribution in [0.5, 0.6) is 0 Å². The van der Waals surface area contributed by atoms with Gasteiger partial charge in [-0.3, -0.25) is 5.84 Å². The van der Waals surface area contributed by atoms with Gasteiger partial charge in [0.25, 0.3) is 0 Å². The second-order valence-corrected chi connectivity index (χ2v) is 3.61. The zero-order valence-electron chi connectivity index (χ0n) is 5.61. The van der Waals surface area contributed by atoms with Crippen LogP contribution in [0.3, 0.4) is 0 Å². The van der Waals surface area contributed by atoms with Crippen molar-refractivity contribution < 1.29 is 8.78 Å². The average Bonchev–Trinajstić information content (AvgIpc) is 1.55. The number of hydrogen-bond donors (Lipinski definition) is 1. The third kappa shape index (κ3) is 0.754. The molecule has 58 valence electrons. The molecule has 1 heterocycles. The number of hydrogen-bond acceptors (Lipinski definition) is 2. The maximum absolute atomic E-state index is 12.3. The van der Waals surface area contributed by atoms with Crippen LogP contribution in [0.25, 0.3) is 0 Å². The Labute approximate surface area is 58.0 Å². The van der Waals surface area contributed by atoms with E-state index in [0.717, 1.165) is 0 Å². The van der Waals surface area contributed by atoms with E-state index < -0.39 is 5.92 Å². The highest BCUT2D eigenvalue weighted by Crippen LogP contribution is 2.55. The second-order valence-electron chi connectivity index (χ2n) is 3.61. The van der Waals surface area contributed by atoms with Crippen LogP contribution in [-0.2, 0) is 0 Å². The Hall–Kier alpha value is -0.220. The molecule has 1 saturated heterocycles. The summed E-state index contributed by atoms with van der Waals surface area (Å²) in [5.74, 6) is 2.95. The van der Waals surface area contributed by atoms with E-state index in [2.05, 4.69) is 0 Å². The smallest absolute Gasteiger partial charge is 0.249 e. The quantitative estimate of drug-likeness (QED) is 0.509. The van der Waals surface area contributed by atoms with Crippen LogP contribution in [0.15, 0.2) is 0 Å². The summed E-state index contributed by atoms with van der Waals surface area (Å²) >= 11 is 0. The first-order valence-corrected chi connectivity index (χ1v) is 3.39. The number of nitrogens with two attached hydrogens (primary N) is 1. The molecule has 2 aliphatic rings. The molecular formula is C6H10F2N2. The minimum atomic E-state index is -2.39. The normalized spacial score (nSPS) is 35.1. The maximum Gasteiger partial charge on any atom is 0.249 e. The summed E-state index contributed by atoms with van der Waals surface area (Å²) < 4.78 is 24.6. The van der Waals surface area contributed by atoms with Crippen LogP contribution in [0.4, 0.5) is 8.78 Å². The van der Waals surface area contributed by atoms with Crippen molar-refractivity contribution in [3.8, 4) is 0 Å². The van der Waals surface area contributed by atoms with Crippen molar-refractivity contribution in [2.75, 3.05) is 13.1 Å². The van der Waals surface area contributed by atoms with Crippen molar-refractivity contribution in [1.29, 1.82) is 0 Å². The topological polar surface area (TPSA) is 29.3 Å². The summed E-state index contributed by atoms with van der Waals surface area (Å²) in [5, 5.41) is 1.59. The van der Waals surface area contributed by atoms with Crippen LogP contribution in [0.1, 0.15) is 12.8 Å². The summed E-state index contributed by atoms with van der Waals surface area (Å²) in [5.41, 5.74) is -0.0990. The van der Waals surface area contributed by atoms with Gasteiger partial charge in [0.2, 0.25) is 5.92 Å². The van der Waals surface area contributed by atoms with Crippen LogP contribution in [-0.4, -0.2) is 24.0 Å². The van der Waals surface area contributed by atoms with E-state index in [9.17, 15) is 8.78 Å². The van der Waals surface area contributed by atoms with Gasteiger partial charge in [-0.2, -0.15) is 0 Å². The molecule has 1 aliphatic heterocycles. The number of halogens is 2. The Morgan fingerprint density at radius 3 is 2.00 bits per heavy atom. The van der Waals surface area contributed by atoms with Gasteiger partial charge in [0, 0.05) is 31.3 Å². The molecule has 1 aliphatic carbocycles. The fourth-order valence-electron chi connectivity index (χ4n) is 2.08. The fourth-order valence-corrected chi connectivity index (χ4v) is 2.08. The summed E-state index contributed by atoms with van der Waals surface area (Å²) in [6.07, 6.45) is 0.0986. The summed E-state index contributed by atoms with van der Waals surface area (Å²) in [7, 11) is 0. The predicted molar refractivity (Wildman–Crippen MR) is 32.4 cm³/mol. The van der Waals surface area contributed by atoms with E-state index in [1.165, 1.54) is 0 Å². The van der Waals surface area contributed by atoms with Crippen LogP contribution in [0.2, 0.25) is 0 Å². The lowest BCUT2D eigenvalue weighted by atomic mass is 9.62. The van der Waals surface area contributed by atoms with Gasteiger partial charge < -0.3 is 0 Å². The van der Waals surface area contributed by atoms with Gasteiger partial charge in [-0.15, -0.1) is 0 Å². The molecule has 2 N–H and O–H groups in total. The molecule has 1 saturated carbocycles. The molecule has 4 heteroatoms. The largest absolute Gasteiger partial charge is 0.269 e. The molecule has 2 fully saturated rings. The minimum Gasteiger partial charge on any atom is -0.269 e. The molecule has 0 aromatic carbocycles. The van der Waals surface area contributed by atoms with Crippen LogP contribution >= 0.6 is 0 Å². The first-order valence-electron chi connectivity index (χ1n) is 3.39. The second kappa shape index (κ2) is 1.51. The summed E-state index contributed by atoms with van der Waals surface area (Å²) in [6, 6.07) is 0. The first-order chi connectivity index (χ1) is 4.52. The van der Waals surface area contributed by atoms with E-state index in [1.807, 2.05) is 0 Å². The zero-order valence-corrected chi connectivity index (χ0v) is 5.61. The van der Waals surface area contributed by atoms with Gasteiger partial charge >= 0.3 is 0 Å². The van der Waals surface area contributed by atoms with Crippen LogP contribution < -0.4 is 5.84 Å². The molecule has 2 rings (SSSR count). The Bertz CT molecular complexity index is 153.